The molecule has 9 heteroatoms. The Bertz CT molecular complexity index is 1170. The van der Waals surface area contributed by atoms with Crippen LogP contribution in [0.15, 0.2) is 12.1 Å². The van der Waals surface area contributed by atoms with E-state index in [-0.39, 0.29) is 17.6 Å². The number of H-pyrrole nitrogens is 2. The molecule has 2 atom stereocenters. The molecule has 2 aromatic heterocycles. The van der Waals surface area contributed by atoms with Gasteiger partial charge in [-0.05, 0) is 38.2 Å². The molecular weight excluding hydrogens is 423 g/mol. The van der Waals surface area contributed by atoms with Crippen molar-refractivity contribution in [3.8, 4) is 11.5 Å². The number of ether oxygens (including phenoxy) is 1. The average molecular weight is 455 g/mol. The number of nitrogens with zero attached hydrogens (tertiary/aromatic N) is 4. The van der Waals surface area contributed by atoms with E-state index in [1.54, 1.807) is 13.1 Å². The number of imidazole rings is 1. The zero-order valence-electron chi connectivity index (χ0n) is 19.4. The van der Waals surface area contributed by atoms with E-state index in [4.69, 9.17) is 9.72 Å². The molecule has 3 aromatic rings. The fraction of sp³-hybridized carbons (Fsp3) is 0.542. The Morgan fingerprint density at radius 1 is 1.36 bits per heavy atom. The van der Waals surface area contributed by atoms with Crippen LogP contribution >= 0.6 is 0 Å². The van der Waals surface area contributed by atoms with Crippen LogP contribution in [-0.2, 0) is 22.4 Å². The molecule has 0 bridgehead atoms. The number of amides is 1. The van der Waals surface area contributed by atoms with Crippen LogP contribution in [-0.4, -0.2) is 70.4 Å². The third-order valence-corrected chi connectivity index (χ3v) is 7.24. The number of nitrogens with one attached hydrogen (secondary N) is 2. The van der Waals surface area contributed by atoms with Gasteiger partial charge in [0.25, 0.3) is 0 Å². The van der Waals surface area contributed by atoms with Gasteiger partial charge in [0.2, 0.25) is 5.91 Å². The lowest BCUT2D eigenvalue weighted by molar-refractivity contribution is -0.124. The van der Waals surface area contributed by atoms with Gasteiger partial charge in [-0.1, -0.05) is 13.3 Å². The second kappa shape index (κ2) is 8.87. The van der Waals surface area contributed by atoms with E-state index < -0.39 is 5.82 Å². The maximum atomic E-state index is 15.1. The van der Waals surface area contributed by atoms with Gasteiger partial charge < -0.3 is 14.6 Å². The van der Waals surface area contributed by atoms with Gasteiger partial charge in [-0.25, -0.2) is 9.37 Å². The molecule has 2 aliphatic rings. The zero-order chi connectivity index (χ0) is 23.1. The number of likely N-dealkylation sites (N-methyl/N-ethyl adjacent to an activating group) is 1. The Morgan fingerprint density at radius 2 is 2.15 bits per heavy atom. The van der Waals surface area contributed by atoms with Gasteiger partial charge >= 0.3 is 0 Å². The first-order valence-corrected chi connectivity index (χ1v) is 11.8. The van der Waals surface area contributed by atoms with Crippen molar-refractivity contribution in [3.05, 3.63) is 29.2 Å². The highest BCUT2D eigenvalue weighted by Crippen LogP contribution is 2.34. The third kappa shape index (κ3) is 4.04. The number of rotatable bonds is 5. The number of anilines is 1. The largest absolute Gasteiger partial charge is 0.379 e. The molecule has 1 saturated heterocycles. The normalized spacial score (nSPS) is 20.1. The molecule has 1 aliphatic heterocycles. The number of halogens is 1. The van der Waals surface area contributed by atoms with Crippen LogP contribution in [0.4, 0.5) is 10.1 Å². The highest BCUT2D eigenvalue weighted by atomic mass is 19.1. The van der Waals surface area contributed by atoms with Crippen LogP contribution in [0.2, 0.25) is 0 Å². The molecule has 0 unspecified atom stereocenters. The number of carbonyl (C=O) groups excluding carboxylic acids is 1. The second-order valence-corrected chi connectivity index (χ2v) is 9.17. The van der Waals surface area contributed by atoms with Gasteiger partial charge in [-0.3, -0.25) is 14.8 Å². The van der Waals surface area contributed by atoms with Crippen molar-refractivity contribution in [1.29, 1.82) is 0 Å². The van der Waals surface area contributed by atoms with E-state index in [9.17, 15) is 4.79 Å². The number of fused-ring (bicyclic) bond motifs is 2. The van der Waals surface area contributed by atoms with Crippen LogP contribution in [0.3, 0.4) is 0 Å². The number of aromatic nitrogens is 4. The van der Waals surface area contributed by atoms with E-state index >= 15 is 4.39 Å². The molecule has 0 radical (unpaired) electrons. The molecule has 8 nitrogen and oxygen atoms in total. The standard InChI is InChI=1S/C24H31FN6O2/c1-4-15-5-6-18-16(11-15)22(29-28-18)23-26-19-12-17(25)21(13-20(19)27-23)30(3)24(32)14(2)31-7-9-33-10-8-31/h12-15H,4-11H2,1-3H3,(H,26,27)(H,28,29)/t14-,15-/m0/s1. The summed E-state index contributed by atoms with van der Waals surface area (Å²) in [7, 11) is 1.62. The molecule has 1 aromatic carbocycles. The lowest BCUT2D eigenvalue weighted by Crippen LogP contribution is -2.50. The number of morpholine rings is 1. The van der Waals surface area contributed by atoms with Gasteiger partial charge in [-0.2, -0.15) is 5.10 Å². The number of aromatic amines is 2. The van der Waals surface area contributed by atoms with Crippen molar-refractivity contribution < 1.29 is 13.9 Å². The molecule has 176 valence electrons. The summed E-state index contributed by atoms with van der Waals surface area (Å²) in [6.07, 6.45) is 4.28. The van der Waals surface area contributed by atoms with E-state index in [1.165, 1.54) is 28.6 Å². The predicted octanol–water partition coefficient (Wildman–Crippen LogP) is 3.29. The summed E-state index contributed by atoms with van der Waals surface area (Å²) < 4.78 is 20.4. The highest BCUT2D eigenvalue weighted by Gasteiger charge is 2.29. The van der Waals surface area contributed by atoms with Crippen LogP contribution in [0, 0.1) is 11.7 Å². The minimum Gasteiger partial charge on any atom is -0.379 e. The summed E-state index contributed by atoms with van der Waals surface area (Å²) in [5, 5.41) is 7.69. The highest BCUT2D eigenvalue weighted by molar-refractivity contribution is 5.98. The Hall–Kier alpha value is -2.78. The van der Waals surface area contributed by atoms with E-state index in [0.717, 1.165) is 25.0 Å². The van der Waals surface area contributed by atoms with Crippen molar-refractivity contribution >= 4 is 22.6 Å². The van der Waals surface area contributed by atoms with E-state index in [2.05, 4.69) is 27.0 Å². The lowest BCUT2D eigenvalue weighted by atomic mass is 9.85. The summed E-state index contributed by atoms with van der Waals surface area (Å²) in [6.45, 7) is 6.67. The van der Waals surface area contributed by atoms with Crippen molar-refractivity contribution in [2.24, 2.45) is 5.92 Å². The van der Waals surface area contributed by atoms with Crippen LogP contribution in [0.25, 0.3) is 22.6 Å². The van der Waals surface area contributed by atoms with E-state index in [0.29, 0.717) is 49.1 Å². The van der Waals surface area contributed by atoms with Crippen LogP contribution in [0.5, 0.6) is 0 Å². The Kier molecular flexibility index (Phi) is 5.92. The lowest BCUT2D eigenvalue weighted by Gasteiger charge is -2.33. The van der Waals surface area contributed by atoms with Crippen LogP contribution < -0.4 is 4.90 Å². The van der Waals surface area contributed by atoms with Gasteiger partial charge in [0, 0.05) is 37.5 Å². The molecule has 1 amide bonds. The fourth-order valence-corrected chi connectivity index (χ4v) is 5.02. The minimum absolute atomic E-state index is 0.155. The molecule has 0 saturated carbocycles. The molecule has 33 heavy (non-hydrogen) atoms. The van der Waals surface area contributed by atoms with Crippen LogP contribution in [0.1, 0.15) is 37.9 Å². The predicted molar refractivity (Wildman–Crippen MR) is 125 cm³/mol. The maximum Gasteiger partial charge on any atom is 0.243 e. The van der Waals surface area contributed by atoms with Crippen molar-refractivity contribution in [3.63, 3.8) is 0 Å². The molecule has 1 fully saturated rings. The van der Waals surface area contributed by atoms with Gasteiger partial charge in [-0.15, -0.1) is 0 Å². The quantitative estimate of drug-likeness (QED) is 0.618. The van der Waals surface area contributed by atoms with Crippen molar-refractivity contribution in [2.45, 2.75) is 45.6 Å². The third-order valence-electron chi connectivity index (χ3n) is 7.24. The molecule has 3 heterocycles. The fourth-order valence-electron chi connectivity index (χ4n) is 5.02. The summed E-state index contributed by atoms with van der Waals surface area (Å²) >= 11 is 0. The summed E-state index contributed by atoms with van der Waals surface area (Å²) in [5.74, 6) is 0.664. The first-order chi connectivity index (χ1) is 16.0. The van der Waals surface area contributed by atoms with Gasteiger partial charge in [0.05, 0.1) is 36.0 Å². The first kappa shape index (κ1) is 22.0. The topological polar surface area (TPSA) is 90.1 Å². The Balaban J connectivity index is 1.43. The van der Waals surface area contributed by atoms with Gasteiger partial charge in [0.1, 0.15) is 11.5 Å². The van der Waals surface area contributed by atoms with E-state index in [1.807, 2.05) is 6.92 Å². The number of carbonyl (C=O) groups is 1. The summed E-state index contributed by atoms with van der Waals surface area (Å²) in [4.78, 5) is 24.5. The number of hydrogen-bond donors (Lipinski definition) is 2. The molecular formula is C24H31FN6O2. The average Bonchev–Trinajstić information content (AvgIpc) is 3.45. The maximum absolute atomic E-state index is 15.1. The SMILES string of the molecule is CC[C@H]1CCc2[nH]nc(-c3nc4cc(N(C)C(=O)[C@H](C)N5CCOCC5)c(F)cc4[nH]3)c2C1. The smallest absolute Gasteiger partial charge is 0.243 e. The van der Waals surface area contributed by atoms with Crippen molar-refractivity contribution in [1.82, 2.24) is 25.1 Å². The summed E-state index contributed by atoms with van der Waals surface area (Å²) in [6, 6.07) is 2.70. The second-order valence-electron chi connectivity index (χ2n) is 9.17. The zero-order valence-corrected chi connectivity index (χ0v) is 19.4. The number of benzene rings is 1. The Morgan fingerprint density at radius 3 is 2.91 bits per heavy atom. The number of hydrogen-bond acceptors (Lipinski definition) is 5. The molecule has 5 rings (SSSR count). The molecule has 2 N–H and O–H groups in total. The minimum atomic E-state index is -0.460. The summed E-state index contributed by atoms with van der Waals surface area (Å²) in [5.41, 5.74) is 4.61. The van der Waals surface area contributed by atoms with Gasteiger partial charge in [0.15, 0.2) is 5.82 Å². The molecule has 0 spiro atoms. The first-order valence-electron chi connectivity index (χ1n) is 11.8. The molecule has 1 aliphatic carbocycles. The Labute approximate surface area is 192 Å². The monoisotopic (exact) mass is 454 g/mol. The van der Waals surface area contributed by atoms with Crippen molar-refractivity contribution in [2.75, 3.05) is 38.3 Å². The number of aryl methyl sites for hydroxylation is 1.